The molecule has 7 nitrogen and oxygen atoms in total. The molecular formula is C17H25N3O4. The molecule has 24 heavy (non-hydrogen) atoms. The SMILES string of the molecule is COC(=O)[C@@H]1CCC[C@@H](C(=O)Nc2cnn(C[C@H]3CCCO3)c2)C1. The maximum atomic E-state index is 12.5. The second-order valence-electron chi connectivity index (χ2n) is 6.66. The number of ether oxygens (including phenoxy) is 2. The van der Waals surface area contributed by atoms with Gasteiger partial charge in [-0.05, 0) is 32.1 Å². The van der Waals surface area contributed by atoms with E-state index in [1.54, 1.807) is 6.20 Å². The molecular weight excluding hydrogens is 310 g/mol. The minimum absolute atomic E-state index is 0.0414. The third kappa shape index (κ3) is 4.14. The van der Waals surface area contributed by atoms with E-state index in [2.05, 4.69) is 10.4 Å². The molecule has 3 rings (SSSR count). The fourth-order valence-electron chi connectivity index (χ4n) is 3.58. The molecule has 7 heteroatoms. The van der Waals surface area contributed by atoms with Gasteiger partial charge in [-0.25, -0.2) is 0 Å². The van der Waals surface area contributed by atoms with Crippen molar-refractivity contribution in [2.24, 2.45) is 11.8 Å². The minimum Gasteiger partial charge on any atom is -0.469 e. The van der Waals surface area contributed by atoms with Gasteiger partial charge in [-0.2, -0.15) is 5.10 Å². The number of amides is 1. The highest BCUT2D eigenvalue weighted by molar-refractivity contribution is 5.92. The van der Waals surface area contributed by atoms with Gasteiger partial charge in [0.2, 0.25) is 5.91 Å². The van der Waals surface area contributed by atoms with Crippen molar-refractivity contribution in [2.45, 2.75) is 51.2 Å². The summed E-state index contributed by atoms with van der Waals surface area (Å²) in [6.45, 7) is 1.53. The number of carbonyl (C=O) groups is 2. The zero-order valence-electron chi connectivity index (χ0n) is 14.1. The zero-order valence-corrected chi connectivity index (χ0v) is 14.1. The second-order valence-corrected chi connectivity index (χ2v) is 6.66. The Morgan fingerprint density at radius 3 is 2.92 bits per heavy atom. The van der Waals surface area contributed by atoms with Crippen molar-refractivity contribution in [3.05, 3.63) is 12.4 Å². The van der Waals surface area contributed by atoms with Crippen molar-refractivity contribution in [3.8, 4) is 0 Å². The number of rotatable bonds is 5. The van der Waals surface area contributed by atoms with Crippen LogP contribution in [0.4, 0.5) is 5.69 Å². The maximum Gasteiger partial charge on any atom is 0.308 e. The van der Waals surface area contributed by atoms with Crippen LogP contribution >= 0.6 is 0 Å². The van der Waals surface area contributed by atoms with Gasteiger partial charge in [-0.3, -0.25) is 14.3 Å². The summed E-state index contributed by atoms with van der Waals surface area (Å²) in [6.07, 6.45) is 8.90. The Kier molecular flexibility index (Phi) is 5.50. The molecule has 0 bridgehead atoms. The first-order valence-corrected chi connectivity index (χ1v) is 8.68. The summed E-state index contributed by atoms with van der Waals surface area (Å²) in [5.41, 5.74) is 0.693. The highest BCUT2D eigenvalue weighted by atomic mass is 16.5. The van der Waals surface area contributed by atoms with Crippen molar-refractivity contribution >= 4 is 17.6 Å². The Morgan fingerprint density at radius 2 is 2.17 bits per heavy atom. The Hall–Kier alpha value is -1.89. The molecule has 0 aromatic carbocycles. The van der Waals surface area contributed by atoms with Crippen LogP contribution < -0.4 is 5.32 Å². The van der Waals surface area contributed by atoms with Crippen LogP contribution in [0.5, 0.6) is 0 Å². The van der Waals surface area contributed by atoms with Crippen molar-refractivity contribution in [3.63, 3.8) is 0 Å². The number of nitrogens with one attached hydrogen (secondary N) is 1. The molecule has 2 heterocycles. The summed E-state index contributed by atoms with van der Waals surface area (Å²) in [5.74, 6) is -0.566. The maximum absolute atomic E-state index is 12.5. The third-order valence-electron chi connectivity index (χ3n) is 4.89. The van der Waals surface area contributed by atoms with E-state index in [0.717, 1.165) is 38.7 Å². The molecule has 1 aromatic rings. The first-order chi connectivity index (χ1) is 11.7. The van der Waals surface area contributed by atoms with E-state index in [0.29, 0.717) is 18.7 Å². The molecule has 0 radical (unpaired) electrons. The smallest absolute Gasteiger partial charge is 0.308 e. The number of anilines is 1. The van der Waals surface area contributed by atoms with Crippen molar-refractivity contribution in [2.75, 3.05) is 19.0 Å². The summed E-state index contributed by atoms with van der Waals surface area (Å²) in [5, 5.41) is 7.20. The summed E-state index contributed by atoms with van der Waals surface area (Å²) in [7, 11) is 1.40. The van der Waals surface area contributed by atoms with E-state index in [-0.39, 0.29) is 29.8 Å². The number of hydrogen-bond acceptors (Lipinski definition) is 5. The first-order valence-electron chi connectivity index (χ1n) is 8.68. The number of carbonyl (C=O) groups excluding carboxylic acids is 2. The minimum atomic E-state index is -0.211. The van der Waals surface area contributed by atoms with Gasteiger partial charge in [0.1, 0.15) is 0 Å². The number of nitrogens with zero attached hydrogens (tertiary/aromatic N) is 2. The topological polar surface area (TPSA) is 82.5 Å². The average molecular weight is 335 g/mol. The summed E-state index contributed by atoms with van der Waals surface area (Å²) < 4.78 is 12.2. The van der Waals surface area contributed by atoms with Gasteiger partial charge in [-0.15, -0.1) is 0 Å². The fourth-order valence-corrected chi connectivity index (χ4v) is 3.58. The molecule has 1 aliphatic carbocycles. The summed E-state index contributed by atoms with van der Waals surface area (Å²) in [6, 6.07) is 0. The van der Waals surface area contributed by atoms with Gasteiger partial charge >= 0.3 is 5.97 Å². The van der Waals surface area contributed by atoms with Crippen LogP contribution in [-0.4, -0.2) is 41.5 Å². The number of aromatic nitrogens is 2. The Balaban J connectivity index is 1.52. The zero-order chi connectivity index (χ0) is 16.9. The largest absolute Gasteiger partial charge is 0.469 e. The lowest BCUT2D eigenvalue weighted by molar-refractivity contribution is -0.147. The standard InChI is InChI=1S/C17H25N3O4/c1-23-17(22)13-5-2-4-12(8-13)16(21)19-14-9-18-20(10-14)11-15-6-3-7-24-15/h9-10,12-13,15H,2-8,11H2,1H3,(H,19,21)/t12-,13-,15-/m1/s1. The van der Waals surface area contributed by atoms with Crippen LogP contribution in [-0.2, 0) is 25.6 Å². The normalized spacial score (nSPS) is 27.0. The Bertz CT molecular complexity index is 580. The molecule has 0 spiro atoms. The Labute approximate surface area is 141 Å². The van der Waals surface area contributed by atoms with Crippen LogP contribution in [0.2, 0.25) is 0 Å². The molecule has 132 valence electrons. The quantitative estimate of drug-likeness (QED) is 0.832. The van der Waals surface area contributed by atoms with Crippen LogP contribution in [0.3, 0.4) is 0 Å². The average Bonchev–Trinajstić information content (AvgIpc) is 3.27. The molecule has 2 fully saturated rings. The molecule has 1 amide bonds. The lowest BCUT2D eigenvalue weighted by Gasteiger charge is -2.26. The van der Waals surface area contributed by atoms with Crippen LogP contribution in [0.1, 0.15) is 38.5 Å². The molecule has 0 unspecified atom stereocenters. The van der Waals surface area contributed by atoms with E-state index in [9.17, 15) is 9.59 Å². The molecule has 3 atom stereocenters. The second kappa shape index (κ2) is 7.79. The van der Waals surface area contributed by atoms with E-state index in [1.807, 2.05) is 10.9 Å². The number of methoxy groups -OCH3 is 1. The van der Waals surface area contributed by atoms with Crippen molar-refractivity contribution < 1.29 is 19.1 Å². The van der Waals surface area contributed by atoms with Crippen molar-refractivity contribution in [1.82, 2.24) is 9.78 Å². The van der Waals surface area contributed by atoms with Crippen LogP contribution in [0.15, 0.2) is 12.4 Å². The van der Waals surface area contributed by atoms with E-state index in [1.165, 1.54) is 7.11 Å². The summed E-state index contributed by atoms with van der Waals surface area (Å²) in [4.78, 5) is 24.1. The molecule has 1 N–H and O–H groups in total. The molecule has 2 aliphatic rings. The molecule has 1 aromatic heterocycles. The number of hydrogen-bond donors (Lipinski definition) is 1. The highest BCUT2D eigenvalue weighted by Gasteiger charge is 2.31. The predicted molar refractivity (Wildman–Crippen MR) is 87.3 cm³/mol. The van der Waals surface area contributed by atoms with Crippen LogP contribution in [0, 0.1) is 11.8 Å². The summed E-state index contributed by atoms with van der Waals surface area (Å²) >= 11 is 0. The van der Waals surface area contributed by atoms with E-state index >= 15 is 0 Å². The number of esters is 1. The lowest BCUT2D eigenvalue weighted by atomic mass is 9.81. The monoisotopic (exact) mass is 335 g/mol. The molecule has 1 saturated heterocycles. The van der Waals surface area contributed by atoms with Gasteiger partial charge in [0.05, 0.1) is 37.6 Å². The fraction of sp³-hybridized carbons (Fsp3) is 0.706. The van der Waals surface area contributed by atoms with Crippen molar-refractivity contribution in [1.29, 1.82) is 0 Å². The highest BCUT2D eigenvalue weighted by Crippen LogP contribution is 2.30. The Morgan fingerprint density at radius 1 is 1.33 bits per heavy atom. The van der Waals surface area contributed by atoms with E-state index in [4.69, 9.17) is 9.47 Å². The van der Waals surface area contributed by atoms with Crippen LogP contribution in [0.25, 0.3) is 0 Å². The molecule has 1 saturated carbocycles. The third-order valence-corrected chi connectivity index (χ3v) is 4.89. The first kappa shape index (κ1) is 17.0. The van der Waals surface area contributed by atoms with Gasteiger partial charge in [0.25, 0.3) is 0 Å². The van der Waals surface area contributed by atoms with Gasteiger partial charge in [0, 0.05) is 18.7 Å². The van der Waals surface area contributed by atoms with Gasteiger partial charge in [0.15, 0.2) is 0 Å². The van der Waals surface area contributed by atoms with Gasteiger partial charge in [-0.1, -0.05) is 6.42 Å². The van der Waals surface area contributed by atoms with Gasteiger partial charge < -0.3 is 14.8 Å². The molecule has 1 aliphatic heterocycles. The van der Waals surface area contributed by atoms with E-state index < -0.39 is 0 Å². The predicted octanol–water partition coefficient (Wildman–Crippen LogP) is 1.98. The lowest BCUT2D eigenvalue weighted by Crippen LogP contribution is -2.31.